The third-order valence-corrected chi connectivity index (χ3v) is 4.52. The number of ether oxygens (including phenoxy) is 1. The first-order valence-corrected chi connectivity index (χ1v) is 7.15. The zero-order valence-electron chi connectivity index (χ0n) is 9.33. The SMILES string of the molecule is COC1CNC(CNCc2cc(Br)cs2)C1. The van der Waals surface area contributed by atoms with Gasteiger partial charge in [-0.1, -0.05) is 0 Å². The summed E-state index contributed by atoms with van der Waals surface area (Å²) in [6, 6.07) is 2.71. The Bertz CT molecular complexity index is 332. The topological polar surface area (TPSA) is 33.3 Å². The Morgan fingerprint density at radius 1 is 1.69 bits per heavy atom. The predicted octanol–water partition coefficient (Wildman–Crippen LogP) is 1.98. The molecule has 2 N–H and O–H groups in total. The molecule has 1 aromatic heterocycles. The molecule has 2 rings (SSSR count). The first-order chi connectivity index (χ1) is 7.78. The molecule has 1 fully saturated rings. The molecule has 90 valence electrons. The van der Waals surface area contributed by atoms with Crippen molar-refractivity contribution in [2.45, 2.75) is 25.1 Å². The van der Waals surface area contributed by atoms with E-state index in [4.69, 9.17) is 4.74 Å². The van der Waals surface area contributed by atoms with Crippen LogP contribution in [0.4, 0.5) is 0 Å². The molecule has 0 bridgehead atoms. The van der Waals surface area contributed by atoms with Crippen molar-refractivity contribution in [2.24, 2.45) is 0 Å². The fraction of sp³-hybridized carbons (Fsp3) is 0.636. The maximum Gasteiger partial charge on any atom is 0.0711 e. The van der Waals surface area contributed by atoms with Gasteiger partial charge in [0.2, 0.25) is 0 Å². The minimum atomic E-state index is 0.391. The molecule has 1 aliphatic rings. The predicted molar refractivity (Wildman–Crippen MR) is 70.9 cm³/mol. The van der Waals surface area contributed by atoms with Gasteiger partial charge in [-0.2, -0.15) is 0 Å². The van der Waals surface area contributed by atoms with E-state index < -0.39 is 0 Å². The Balaban J connectivity index is 1.65. The second kappa shape index (κ2) is 6.12. The summed E-state index contributed by atoms with van der Waals surface area (Å²) in [5.41, 5.74) is 0. The van der Waals surface area contributed by atoms with Crippen molar-refractivity contribution in [2.75, 3.05) is 20.2 Å². The van der Waals surface area contributed by atoms with Gasteiger partial charge in [0.25, 0.3) is 0 Å². The van der Waals surface area contributed by atoms with Crippen molar-refractivity contribution >= 4 is 27.3 Å². The molecule has 1 aromatic rings. The number of halogens is 1. The number of rotatable bonds is 5. The van der Waals surface area contributed by atoms with Crippen molar-refractivity contribution in [3.05, 3.63) is 20.8 Å². The van der Waals surface area contributed by atoms with E-state index in [1.54, 1.807) is 18.4 Å². The van der Waals surface area contributed by atoms with Crippen LogP contribution in [-0.2, 0) is 11.3 Å². The third-order valence-electron chi connectivity index (χ3n) is 2.83. The second-order valence-corrected chi connectivity index (χ2v) is 5.97. The molecule has 5 heteroatoms. The lowest BCUT2D eigenvalue weighted by Gasteiger charge is -2.10. The number of nitrogens with one attached hydrogen (secondary N) is 2. The molecule has 0 aromatic carbocycles. The van der Waals surface area contributed by atoms with E-state index in [1.165, 1.54) is 9.35 Å². The largest absolute Gasteiger partial charge is 0.380 e. The quantitative estimate of drug-likeness (QED) is 0.873. The van der Waals surface area contributed by atoms with Gasteiger partial charge in [-0.3, -0.25) is 0 Å². The van der Waals surface area contributed by atoms with Crippen LogP contribution in [-0.4, -0.2) is 32.3 Å². The summed E-state index contributed by atoms with van der Waals surface area (Å²) in [4.78, 5) is 1.37. The first-order valence-electron chi connectivity index (χ1n) is 5.47. The van der Waals surface area contributed by atoms with Crippen molar-refractivity contribution in [3.63, 3.8) is 0 Å². The minimum Gasteiger partial charge on any atom is -0.380 e. The Hall–Kier alpha value is 0.0600. The molecule has 0 aliphatic carbocycles. The van der Waals surface area contributed by atoms with Crippen LogP contribution in [0.25, 0.3) is 0 Å². The Labute approximate surface area is 109 Å². The highest BCUT2D eigenvalue weighted by molar-refractivity contribution is 9.10. The van der Waals surface area contributed by atoms with Gasteiger partial charge in [-0.25, -0.2) is 0 Å². The summed E-state index contributed by atoms with van der Waals surface area (Å²) >= 11 is 5.24. The standard InChI is InChI=1S/C11H17BrN2OS/c1-15-10-3-9(14-5-10)4-13-6-11-2-8(12)7-16-11/h2,7,9-10,13-14H,3-6H2,1H3. The van der Waals surface area contributed by atoms with Crippen molar-refractivity contribution < 1.29 is 4.74 Å². The lowest BCUT2D eigenvalue weighted by Crippen LogP contribution is -2.33. The van der Waals surface area contributed by atoms with Gasteiger partial charge in [-0.05, 0) is 28.4 Å². The van der Waals surface area contributed by atoms with Gasteiger partial charge in [0.15, 0.2) is 0 Å². The highest BCUT2D eigenvalue weighted by Crippen LogP contribution is 2.19. The lowest BCUT2D eigenvalue weighted by molar-refractivity contribution is 0.117. The fourth-order valence-corrected chi connectivity index (χ4v) is 3.35. The molecule has 2 atom stereocenters. The van der Waals surface area contributed by atoms with Gasteiger partial charge in [-0.15, -0.1) is 11.3 Å². The smallest absolute Gasteiger partial charge is 0.0711 e. The van der Waals surface area contributed by atoms with Crippen molar-refractivity contribution in [1.82, 2.24) is 10.6 Å². The number of thiophene rings is 1. The average Bonchev–Trinajstić information content (AvgIpc) is 2.88. The summed E-state index contributed by atoms with van der Waals surface area (Å²) in [5.74, 6) is 0. The van der Waals surface area contributed by atoms with E-state index in [9.17, 15) is 0 Å². The summed E-state index contributed by atoms with van der Waals surface area (Å²) in [7, 11) is 1.78. The molecule has 0 spiro atoms. The summed E-state index contributed by atoms with van der Waals surface area (Å²) < 4.78 is 6.49. The van der Waals surface area contributed by atoms with Gasteiger partial charge < -0.3 is 15.4 Å². The van der Waals surface area contributed by atoms with Crippen LogP contribution in [0.15, 0.2) is 15.9 Å². The molecule has 2 unspecified atom stereocenters. The van der Waals surface area contributed by atoms with Gasteiger partial charge in [0.05, 0.1) is 6.10 Å². The molecule has 1 saturated heterocycles. The third kappa shape index (κ3) is 3.53. The minimum absolute atomic E-state index is 0.391. The van der Waals surface area contributed by atoms with E-state index in [-0.39, 0.29) is 0 Å². The van der Waals surface area contributed by atoms with Crippen LogP contribution in [0.3, 0.4) is 0 Å². The highest BCUT2D eigenvalue weighted by atomic mass is 79.9. The van der Waals surface area contributed by atoms with Crippen LogP contribution in [0.2, 0.25) is 0 Å². The Morgan fingerprint density at radius 3 is 3.19 bits per heavy atom. The van der Waals surface area contributed by atoms with Gasteiger partial charge >= 0.3 is 0 Å². The first kappa shape index (κ1) is 12.5. The Kier molecular flexibility index (Phi) is 4.79. The maximum absolute atomic E-state index is 5.31. The number of hydrogen-bond donors (Lipinski definition) is 2. The van der Waals surface area contributed by atoms with Crippen LogP contribution >= 0.6 is 27.3 Å². The average molecular weight is 305 g/mol. The second-order valence-electron chi connectivity index (χ2n) is 4.06. The van der Waals surface area contributed by atoms with Gasteiger partial charge in [0, 0.05) is 47.5 Å². The van der Waals surface area contributed by atoms with E-state index in [0.29, 0.717) is 12.1 Å². The van der Waals surface area contributed by atoms with E-state index in [2.05, 4.69) is 38.0 Å². The van der Waals surface area contributed by atoms with Crippen molar-refractivity contribution in [1.29, 1.82) is 0 Å². The van der Waals surface area contributed by atoms with Crippen molar-refractivity contribution in [3.8, 4) is 0 Å². The van der Waals surface area contributed by atoms with Crippen LogP contribution in [0.5, 0.6) is 0 Å². The van der Waals surface area contributed by atoms with Crippen LogP contribution in [0.1, 0.15) is 11.3 Å². The highest BCUT2D eigenvalue weighted by Gasteiger charge is 2.22. The van der Waals surface area contributed by atoms with E-state index >= 15 is 0 Å². The monoisotopic (exact) mass is 304 g/mol. The lowest BCUT2D eigenvalue weighted by atomic mass is 10.2. The zero-order chi connectivity index (χ0) is 11.4. The molecule has 3 nitrogen and oxygen atoms in total. The molecule has 1 aliphatic heterocycles. The summed E-state index contributed by atoms with van der Waals surface area (Å²) in [6.07, 6.45) is 1.50. The molecular weight excluding hydrogens is 288 g/mol. The van der Waals surface area contributed by atoms with E-state index in [1.807, 2.05) is 0 Å². The summed E-state index contributed by atoms with van der Waals surface area (Å²) in [6.45, 7) is 2.94. The zero-order valence-corrected chi connectivity index (χ0v) is 11.7. The Morgan fingerprint density at radius 2 is 2.56 bits per heavy atom. The normalized spacial score (nSPS) is 25.1. The summed E-state index contributed by atoms with van der Waals surface area (Å²) in [5, 5.41) is 9.05. The van der Waals surface area contributed by atoms with Gasteiger partial charge in [0.1, 0.15) is 0 Å². The maximum atomic E-state index is 5.31. The molecular formula is C11H17BrN2OS. The molecule has 0 amide bonds. The van der Waals surface area contributed by atoms with Crippen LogP contribution in [0, 0.1) is 0 Å². The molecule has 2 heterocycles. The number of methoxy groups -OCH3 is 1. The molecule has 16 heavy (non-hydrogen) atoms. The van der Waals surface area contributed by atoms with E-state index in [0.717, 1.165) is 26.1 Å². The molecule has 0 saturated carbocycles. The van der Waals surface area contributed by atoms with Crippen LogP contribution < -0.4 is 10.6 Å². The number of hydrogen-bond acceptors (Lipinski definition) is 4. The molecule has 0 radical (unpaired) electrons. The fourth-order valence-electron chi connectivity index (χ4n) is 1.93.